The first kappa shape index (κ1) is 18.8. The molecule has 1 aromatic carbocycles. The van der Waals surface area contributed by atoms with Crippen LogP contribution in [0, 0.1) is 6.92 Å². The van der Waals surface area contributed by atoms with Crippen molar-refractivity contribution in [1.29, 1.82) is 0 Å². The van der Waals surface area contributed by atoms with Crippen LogP contribution in [0.4, 0.5) is 0 Å². The number of hydrogen-bond donors (Lipinski definition) is 1. The summed E-state index contributed by atoms with van der Waals surface area (Å²) in [6.45, 7) is 3.54. The van der Waals surface area contributed by atoms with Crippen molar-refractivity contribution in [3.63, 3.8) is 0 Å². The van der Waals surface area contributed by atoms with Crippen LogP contribution in [0.15, 0.2) is 64.3 Å². The van der Waals surface area contributed by atoms with Crippen LogP contribution in [0.25, 0.3) is 6.08 Å². The SMILES string of the molecule is Cc1noc([C@@H](C)NC(=O)c2cccnc2SC/C=C/c2ccccc2)n1. The van der Waals surface area contributed by atoms with Crippen molar-refractivity contribution in [1.82, 2.24) is 20.4 Å². The highest BCUT2D eigenvalue weighted by molar-refractivity contribution is 7.99. The molecule has 6 nitrogen and oxygen atoms in total. The number of nitrogens with one attached hydrogen (secondary N) is 1. The highest BCUT2D eigenvalue weighted by atomic mass is 32.2. The fraction of sp³-hybridized carbons (Fsp3) is 0.200. The third kappa shape index (κ3) is 5.27. The maximum absolute atomic E-state index is 12.6. The minimum Gasteiger partial charge on any atom is -0.340 e. The Morgan fingerprint density at radius 2 is 2.07 bits per heavy atom. The van der Waals surface area contributed by atoms with Crippen molar-refractivity contribution < 1.29 is 9.32 Å². The Bertz CT molecular complexity index is 924. The average molecular weight is 380 g/mol. The van der Waals surface area contributed by atoms with Gasteiger partial charge in [-0.15, -0.1) is 11.8 Å². The number of aromatic nitrogens is 3. The third-order valence-electron chi connectivity index (χ3n) is 3.70. The highest BCUT2D eigenvalue weighted by Gasteiger charge is 2.19. The monoisotopic (exact) mass is 380 g/mol. The number of pyridine rings is 1. The Hall–Kier alpha value is -2.93. The van der Waals surface area contributed by atoms with Crippen LogP contribution in [0.3, 0.4) is 0 Å². The molecule has 1 amide bonds. The Morgan fingerprint density at radius 1 is 1.26 bits per heavy atom. The number of rotatable bonds is 7. The molecule has 138 valence electrons. The molecule has 1 atom stereocenters. The van der Waals surface area contributed by atoms with Gasteiger partial charge in [0.25, 0.3) is 5.91 Å². The van der Waals surface area contributed by atoms with E-state index in [0.29, 0.717) is 28.1 Å². The second-order valence-corrected chi connectivity index (χ2v) is 6.86. The molecule has 0 saturated carbocycles. The van der Waals surface area contributed by atoms with Gasteiger partial charge in [-0.3, -0.25) is 4.79 Å². The summed E-state index contributed by atoms with van der Waals surface area (Å²) in [4.78, 5) is 21.1. The lowest BCUT2D eigenvalue weighted by Gasteiger charge is -2.11. The number of carbonyl (C=O) groups is 1. The predicted octanol–water partition coefficient (Wildman–Crippen LogP) is 4.07. The molecule has 0 spiro atoms. The average Bonchev–Trinajstić information content (AvgIpc) is 3.13. The predicted molar refractivity (Wildman–Crippen MR) is 105 cm³/mol. The number of hydrogen-bond acceptors (Lipinski definition) is 6. The van der Waals surface area contributed by atoms with Crippen molar-refractivity contribution in [2.75, 3.05) is 5.75 Å². The van der Waals surface area contributed by atoms with Crippen molar-refractivity contribution in [2.24, 2.45) is 0 Å². The summed E-state index contributed by atoms with van der Waals surface area (Å²) in [5.74, 6) is 1.41. The largest absolute Gasteiger partial charge is 0.340 e. The van der Waals surface area contributed by atoms with Crippen molar-refractivity contribution >= 4 is 23.7 Å². The van der Waals surface area contributed by atoms with E-state index in [-0.39, 0.29) is 11.9 Å². The Morgan fingerprint density at radius 3 is 2.81 bits per heavy atom. The van der Waals surface area contributed by atoms with Crippen LogP contribution in [-0.2, 0) is 0 Å². The van der Waals surface area contributed by atoms with Gasteiger partial charge in [-0.25, -0.2) is 4.98 Å². The minimum atomic E-state index is -0.380. The van der Waals surface area contributed by atoms with E-state index in [1.807, 2.05) is 30.3 Å². The molecular formula is C20H20N4O2S. The minimum absolute atomic E-state index is 0.221. The van der Waals surface area contributed by atoms with Gasteiger partial charge >= 0.3 is 0 Å². The number of nitrogens with zero attached hydrogens (tertiary/aromatic N) is 3. The maximum atomic E-state index is 12.6. The molecule has 0 aliphatic carbocycles. The Labute approximate surface area is 162 Å². The molecule has 2 aromatic heterocycles. The number of amides is 1. The van der Waals surface area contributed by atoms with Crippen LogP contribution >= 0.6 is 11.8 Å². The van der Waals surface area contributed by atoms with Gasteiger partial charge in [-0.05, 0) is 31.5 Å². The molecule has 7 heteroatoms. The fourth-order valence-corrected chi connectivity index (χ4v) is 3.18. The molecule has 0 aliphatic rings. The van der Waals surface area contributed by atoms with E-state index < -0.39 is 0 Å². The third-order valence-corrected chi connectivity index (χ3v) is 4.66. The van der Waals surface area contributed by atoms with E-state index in [2.05, 4.69) is 32.6 Å². The van der Waals surface area contributed by atoms with Crippen LogP contribution in [0.1, 0.15) is 40.6 Å². The zero-order valence-electron chi connectivity index (χ0n) is 15.1. The molecule has 3 aromatic rings. The summed E-state index contributed by atoms with van der Waals surface area (Å²) >= 11 is 1.51. The van der Waals surface area contributed by atoms with E-state index in [9.17, 15) is 4.79 Å². The van der Waals surface area contributed by atoms with Gasteiger partial charge in [0.15, 0.2) is 5.82 Å². The highest BCUT2D eigenvalue weighted by Crippen LogP contribution is 2.21. The molecule has 27 heavy (non-hydrogen) atoms. The van der Waals surface area contributed by atoms with Gasteiger partial charge in [-0.2, -0.15) is 4.98 Å². The van der Waals surface area contributed by atoms with Gasteiger partial charge in [0.1, 0.15) is 11.1 Å². The van der Waals surface area contributed by atoms with Crippen LogP contribution in [0.5, 0.6) is 0 Å². The molecule has 3 rings (SSSR count). The van der Waals surface area contributed by atoms with Gasteiger partial charge < -0.3 is 9.84 Å². The molecule has 0 fully saturated rings. The first-order valence-corrected chi connectivity index (χ1v) is 9.52. The second-order valence-electron chi connectivity index (χ2n) is 5.86. The van der Waals surface area contributed by atoms with E-state index in [1.54, 1.807) is 32.2 Å². The zero-order valence-corrected chi connectivity index (χ0v) is 15.9. The lowest BCUT2D eigenvalue weighted by molar-refractivity contribution is 0.0929. The molecule has 0 unspecified atom stereocenters. The number of benzene rings is 1. The quantitative estimate of drug-likeness (QED) is 0.622. The lowest BCUT2D eigenvalue weighted by atomic mass is 10.2. The fourth-order valence-electron chi connectivity index (χ4n) is 2.38. The molecule has 0 saturated heterocycles. The summed E-state index contributed by atoms with van der Waals surface area (Å²) in [5, 5.41) is 7.31. The maximum Gasteiger partial charge on any atom is 0.254 e. The second kappa shape index (κ2) is 9.14. The van der Waals surface area contributed by atoms with Crippen LogP contribution in [-0.4, -0.2) is 26.8 Å². The number of carbonyl (C=O) groups excluding carboxylic acids is 1. The van der Waals surface area contributed by atoms with E-state index in [4.69, 9.17) is 4.52 Å². The van der Waals surface area contributed by atoms with Gasteiger partial charge in [0, 0.05) is 11.9 Å². The summed E-state index contributed by atoms with van der Waals surface area (Å²) in [6, 6.07) is 13.2. The zero-order chi connectivity index (χ0) is 19.1. The number of thioether (sulfide) groups is 1. The topological polar surface area (TPSA) is 80.9 Å². The van der Waals surface area contributed by atoms with Crippen molar-refractivity contribution in [3.05, 3.63) is 77.6 Å². The van der Waals surface area contributed by atoms with Crippen molar-refractivity contribution in [3.8, 4) is 0 Å². The molecular weight excluding hydrogens is 360 g/mol. The summed E-state index contributed by atoms with van der Waals surface area (Å²) in [5.41, 5.74) is 1.67. The van der Waals surface area contributed by atoms with Crippen molar-refractivity contribution in [2.45, 2.75) is 24.9 Å². The molecule has 1 N–H and O–H groups in total. The molecule has 0 radical (unpaired) electrons. The Balaban J connectivity index is 1.62. The normalized spacial score (nSPS) is 12.2. The van der Waals surface area contributed by atoms with Crippen LogP contribution in [0.2, 0.25) is 0 Å². The van der Waals surface area contributed by atoms with Gasteiger partial charge in [0.05, 0.1) is 5.56 Å². The molecule has 2 heterocycles. The summed E-state index contributed by atoms with van der Waals surface area (Å²) in [7, 11) is 0. The van der Waals surface area contributed by atoms with Gasteiger partial charge in [-0.1, -0.05) is 47.6 Å². The van der Waals surface area contributed by atoms with E-state index in [0.717, 1.165) is 5.56 Å². The first-order valence-electron chi connectivity index (χ1n) is 8.54. The smallest absolute Gasteiger partial charge is 0.254 e. The van der Waals surface area contributed by atoms with E-state index >= 15 is 0 Å². The molecule has 0 aliphatic heterocycles. The summed E-state index contributed by atoms with van der Waals surface area (Å²) < 4.78 is 5.11. The standard InChI is InChI=1S/C20H20N4O2S/c1-14(19-23-15(2)24-26-19)22-18(25)17-11-6-12-21-20(17)27-13-7-10-16-8-4-3-5-9-16/h3-12,14H,13H2,1-2H3,(H,22,25)/b10-7+/t14-/m1/s1. The molecule has 0 bridgehead atoms. The first-order chi connectivity index (χ1) is 13.1. The van der Waals surface area contributed by atoms with E-state index in [1.165, 1.54) is 11.8 Å². The van der Waals surface area contributed by atoms with Gasteiger partial charge in [0.2, 0.25) is 5.89 Å². The number of aryl methyl sites for hydroxylation is 1. The summed E-state index contributed by atoms with van der Waals surface area (Å²) in [6.07, 6.45) is 5.79. The Kier molecular flexibility index (Phi) is 6.38. The lowest BCUT2D eigenvalue weighted by Crippen LogP contribution is -2.27. The van der Waals surface area contributed by atoms with Crippen LogP contribution < -0.4 is 5.32 Å².